The molecule has 0 unspecified atom stereocenters. The molecule has 0 saturated heterocycles. The Morgan fingerprint density at radius 3 is 2.28 bits per heavy atom. The van der Waals surface area contributed by atoms with Gasteiger partial charge in [0.05, 0.1) is 11.3 Å². The lowest BCUT2D eigenvalue weighted by atomic mass is 10.2. The Morgan fingerprint density at radius 1 is 1.03 bits per heavy atom. The molecule has 8 nitrogen and oxygen atoms in total. The van der Waals surface area contributed by atoms with E-state index in [1.54, 1.807) is 24.3 Å². The molecule has 0 aromatic heterocycles. The van der Waals surface area contributed by atoms with Gasteiger partial charge in [-0.3, -0.25) is 4.79 Å². The van der Waals surface area contributed by atoms with Crippen molar-refractivity contribution in [3.8, 4) is 5.75 Å². The smallest absolute Gasteiger partial charge is 0.461 e. The summed E-state index contributed by atoms with van der Waals surface area (Å²) in [5, 5.41) is 2.72. The topological polar surface area (TPSA) is 116 Å². The van der Waals surface area contributed by atoms with E-state index in [1.165, 1.54) is 0 Å². The van der Waals surface area contributed by atoms with Crippen LogP contribution in [0.4, 0.5) is 13.2 Å². The highest BCUT2D eigenvalue weighted by Crippen LogP contribution is 2.30. The predicted molar refractivity (Wildman–Crippen MR) is 108 cm³/mol. The van der Waals surface area contributed by atoms with Crippen LogP contribution < -0.4 is 9.50 Å². The summed E-state index contributed by atoms with van der Waals surface area (Å²) in [7, 11) is -9.67. The van der Waals surface area contributed by atoms with Crippen molar-refractivity contribution in [2.45, 2.75) is 30.0 Å². The number of rotatable bonds is 10. The Hall–Kier alpha value is -2.64. The van der Waals surface area contributed by atoms with Gasteiger partial charge in [0.25, 0.3) is 0 Å². The number of esters is 1. The lowest BCUT2D eigenvalue weighted by molar-refractivity contribution is -0.144. The summed E-state index contributed by atoms with van der Waals surface area (Å²) in [6, 6.07) is 11.7. The summed E-state index contributed by atoms with van der Waals surface area (Å²) in [4.78, 5) is 11.6. The van der Waals surface area contributed by atoms with E-state index < -0.39 is 37.2 Å². The molecule has 2 aromatic rings. The lowest BCUT2D eigenvalue weighted by Gasteiger charge is -2.14. The maximum atomic E-state index is 12.6. The minimum atomic E-state index is -5.95. The number of sulfone groups is 1. The summed E-state index contributed by atoms with van der Waals surface area (Å²) in [5.74, 6) is -1.23. The Morgan fingerprint density at radius 2 is 1.69 bits per heavy atom. The van der Waals surface area contributed by atoms with Crippen molar-refractivity contribution in [1.82, 2.24) is 5.32 Å². The van der Waals surface area contributed by atoms with Gasteiger partial charge >= 0.3 is 21.6 Å². The molecule has 0 fully saturated rings. The van der Waals surface area contributed by atoms with Crippen LogP contribution in [0, 0.1) is 0 Å². The summed E-state index contributed by atoms with van der Waals surface area (Å²) < 4.78 is 93.2. The Balaban J connectivity index is 2.02. The highest BCUT2D eigenvalue weighted by Gasteiger charge is 2.48. The first-order valence-electron chi connectivity index (χ1n) is 9.03. The number of ether oxygens (including phenoxy) is 1. The van der Waals surface area contributed by atoms with Crippen molar-refractivity contribution in [3.05, 3.63) is 59.7 Å². The SMILES string of the molecule is CS(=O)(=O)c1ccc(OS(=O)(=O)C(F)(F)F)c(CNCCC(=O)OCc2ccccc2)c1. The largest absolute Gasteiger partial charge is 0.534 e. The van der Waals surface area contributed by atoms with Crippen LogP contribution in [0.3, 0.4) is 0 Å². The van der Waals surface area contributed by atoms with Crippen molar-refractivity contribution in [2.24, 2.45) is 0 Å². The van der Waals surface area contributed by atoms with Crippen LogP contribution in [-0.4, -0.2) is 41.1 Å². The Bertz CT molecular complexity index is 1150. The molecular formula is C19H20F3NO7S2. The summed E-state index contributed by atoms with van der Waals surface area (Å²) in [5.41, 5.74) is -5.02. The van der Waals surface area contributed by atoms with E-state index in [9.17, 15) is 34.8 Å². The minimum Gasteiger partial charge on any atom is -0.461 e. The molecule has 0 atom stereocenters. The number of carbonyl (C=O) groups is 1. The zero-order valence-electron chi connectivity index (χ0n) is 16.8. The van der Waals surface area contributed by atoms with E-state index >= 15 is 0 Å². The second-order valence-corrected chi connectivity index (χ2v) is 10.2. The normalized spacial score (nSPS) is 12.4. The molecule has 2 aromatic carbocycles. The number of nitrogens with one attached hydrogen (secondary N) is 1. The molecule has 0 aliphatic carbocycles. The Labute approximate surface area is 183 Å². The summed E-state index contributed by atoms with van der Waals surface area (Å²) in [6.07, 6.45) is 0.797. The maximum Gasteiger partial charge on any atom is 0.534 e. The molecule has 0 aliphatic heterocycles. The molecule has 0 amide bonds. The van der Waals surface area contributed by atoms with E-state index in [2.05, 4.69) is 9.50 Å². The van der Waals surface area contributed by atoms with E-state index in [1.807, 2.05) is 6.07 Å². The molecule has 2 rings (SSSR count). The van der Waals surface area contributed by atoms with Crippen molar-refractivity contribution in [3.63, 3.8) is 0 Å². The van der Waals surface area contributed by atoms with Crippen LogP contribution in [0.2, 0.25) is 0 Å². The highest BCUT2D eigenvalue weighted by atomic mass is 32.2. The van der Waals surface area contributed by atoms with Gasteiger partial charge in [-0.15, -0.1) is 0 Å². The molecule has 1 N–H and O–H groups in total. The first-order valence-corrected chi connectivity index (χ1v) is 12.3. The molecular weight excluding hydrogens is 475 g/mol. The second-order valence-electron chi connectivity index (χ2n) is 6.60. The highest BCUT2D eigenvalue weighted by molar-refractivity contribution is 7.90. The number of hydrogen-bond acceptors (Lipinski definition) is 8. The average molecular weight is 495 g/mol. The fourth-order valence-electron chi connectivity index (χ4n) is 2.40. The molecule has 0 spiro atoms. The third-order valence-corrected chi connectivity index (χ3v) is 6.08. The molecule has 0 saturated carbocycles. The minimum absolute atomic E-state index is 0.0299. The van der Waals surface area contributed by atoms with Crippen molar-refractivity contribution in [2.75, 3.05) is 12.8 Å². The first kappa shape index (κ1) is 25.6. The number of hydrogen-bond donors (Lipinski definition) is 1. The maximum absolute atomic E-state index is 12.6. The number of alkyl halides is 3. The van der Waals surface area contributed by atoms with Gasteiger partial charge in [0.1, 0.15) is 12.4 Å². The van der Waals surface area contributed by atoms with Crippen LogP contribution in [0.1, 0.15) is 17.5 Å². The van der Waals surface area contributed by atoms with Crippen molar-refractivity contribution < 1.29 is 43.7 Å². The summed E-state index contributed by atoms with van der Waals surface area (Å²) in [6.45, 7) is -0.163. The molecule has 13 heteroatoms. The van der Waals surface area contributed by atoms with Crippen molar-refractivity contribution >= 4 is 25.9 Å². The lowest BCUT2D eigenvalue weighted by Crippen LogP contribution is -2.29. The molecule has 0 heterocycles. The quantitative estimate of drug-likeness (QED) is 0.231. The van der Waals surface area contributed by atoms with Gasteiger partial charge in [0, 0.05) is 24.9 Å². The van der Waals surface area contributed by atoms with Crippen LogP contribution in [0.5, 0.6) is 5.75 Å². The van der Waals surface area contributed by atoms with Gasteiger partial charge < -0.3 is 14.2 Å². The summed E-state index contributed by atoms with van der Waals surface area (Å²) >= 11 is 0. The van der Waals surface area contributed by atoms with E-state index in [0.717, 1.165) is 30.0 Å². The fraction of sp³-hybridized carbons (Fsp3) is 0.316. The zero-order valence-corrected chi connectivity index (χ0v) is 18.4. The second kappa shape index (κ2) is 10.3. The van der Waals surface area contributed by atoms with Crippen LogP contribution in [-0.2, 0) is 42.6 Å². The molecule has 32 heavy (non-hydrogen) atoms. The zero-order chi connectivity index (χ0) is 24.0. The Kier molecular flexibility index (Phi) is 8.26. The predicted octanol–water partition coefficient (Wildman–Crippen LogP) is 2.54. The van der Waals surface area contributed by atoms with Gasteiger partial charge in [-0.1, -0.05) is 30.3 Å². The van der Waals surface area contributed by atoms with Gasteiger partial charge in [-0.2, -0.15) is 21.6 Å². The van der Waals surface area contributed by atoms with Gasteiger partial charge in [-0.05, 0) is 23.8 Å². The van der Waals surface area contributed by atoms with E-state index in [0.29, 0.717) is 0 Å². The van der Waals surface area contributed by atoms with Crippen molar-refractivity contribution in [1.29, 1.82) is 0 Å². The van der Waals surface area contributed by atoms with Crippen LogP contribution >= 0.6 is 0 Å². The third kappa shape index (κ3) is 7.50. The third-order valence-electron chi connectivity index (χ3n) is 4.01. The van der Waals surface area contributed by atoms with Crippen LogP contribution in [0.25, 0.3) is 0 Å². The van der Waals surface area contributed by atoms with Gasteiger partial charge in [0.2, 0.25) is 0 Å². The molecule has 0 aliphatic rings. The van der Waals surface area contributed by atoms with E-state index in [-0.39, 0.29) is 36.6 Å². The number of carbonyl (C=O) groups excluding carboxylic acids is 1. The fourth-order valence-corrected chi connectivity index (χ4v) is 3.56. The first-order chi connectivity index (χ1) is 14.8. The average Bonchev–Trinajstić information content (AvgIpc) is 2.69. The monoisotopic (exact) mass is 495 g/mol. The molecule has 176 valence electrons. The number of halogens is 3. The van der Waals surface area contributed by atoms with E-state index in [4.69, 9.17) is 4.74 Å². The molecule has 0 radical (unpaired) electrons. The van der Waals surface area contributed by atoms with Gasteiger partial charge in [0.15, 0.2) is 9.84 Å². The number of benzene rings is 2. The van der Waals surface area contributed by atoms with Gasteiger partial charge in [-0.25, -0.2) is 8.42 Å². The molecule has 0 bridgehead atoms. The van der Waals surface area contributed by atoms with Crippen LogP contribution in [0.15, 0.2) is 53.4 Å². The standard InChI is InChI=1S/C19H20F3NO7S2/c1-31(25,26)16-7-8-17(30-32(27,28)19(20,21)22)15(11-16)12-23-10-9-18(24)29-13-14-5-3-2-4-6-14/h2-8,11,23H,9-10,12-13H2,1H3.